The minimum absolute atomic E-state index is 0.0539. The first-order valence-electron chi connectivity index (χ1n) is 11.4. The highest BCUT2D eigenvalue weighted by molar-refractivity contribution is 5.89. The summed E-state index contributed by atoms with van der Waals surface area (Å²) in [4.78, 5) is 30.1. The molecule has 1 atom stereocenters. The lowest BCUT2D eigenvalue weighted by molar-refractivity contribution is 0.0898. The standard InChI is InChI=1S/C26H25FN6O2/c1-17-15-32(26(34)35-16-18-5-3-2-4-6-18)13-14-33(17)24-23-22(30-25(28)31-24)12-11-21(29-23)19-7-9-20(27)10-8-19/h2-12,17H,13-16H2,1H3,(H2,28,30,31). The number of benzene rings is 2. The predicted octanol–water partition coefficient (Wildman–Crippen LogP) is 4.26. The van der Waals surface area contributed by atoms with Crippen LogP contribution in [-0.4, -0.2) is 51.6 Å². The number of aromatic nitrogens is 3. The van der Waals surface area contributed by atoms with E-state index in [1.54, 1.807) is 17.0 Å². The molecular weight excluding hydrogens is 447 g/mol. The molecule has 1 aliphatic rings. The highest BCUT2D eigenvalue weighted by atomic mass is 19.1. The first-order valence-corrected chi connectivity index (χ1v) is 11.4. The van der Waals surface area contributed by atoms with Gasteiger partial charge < -0.3 is 20.3 Å². The molecule has 1 saturated heterocycles. The summed E-state index contributed by atoms with van der Waals surface area (Å²) in [7, 11) is 0. The van der Waals surface area contributed by atoms with Crippen molar-refractivity contribution in [2.24, 2.45) is 0 Å². The van der Waals surface area contributed by atoms with Crippen LogP contribution in [0, 0.1) is 5.82 Å². The summed E-state index contributed by atoms with van der Waals surface area (Å²) < 4.78 is 18.9. The van der Waals surface area contributed by atoms with Gasteiger partial charge in [-0.2, -0.15) is 4.98 Å². The minimum atomic E-state index is -0.343. The van der Waals surface area contributed by atoms with Gasteiger partial charge in [0.1, 0.15) is 17.9 Å². The van der Waals surface area contributed by atoms with Crippen LogP contribution < -0.4 is 10.6 Å². The number of fused-ring (bicyclic) bond motifs is 1. The van der Waals surface area contributed by atoms with E-state index < -0.39 is 0 Å². The molecule has 0 saturated carbocycles. The number of nitrogens with two attached hydrogens (primary N) is 1. The van der Waals surface area contributed by atoms with Crippen molar-refractivity contribution in [1.82, 2.24) is 19.9 Å². The molecule has 2 aromatic heterocycles. The number of hydrogen-bond donors (Lipinski definition) is 1. The molecule has 178 valence electrons. The van der Waals surface area contributed by atoms with Crippen LogP contribution in [0.15, 0.2) is 66.7 Å². The van der Waals surface area contributed by atoms with E-state index in [1.807, 2.05) is 49.4 Å². The monoisotopic (exact) mass is 472 g/mol. The van der Waals surface area contributed by atoms with Crippen molar-refractivity contribution in [2.45, 2.75) is 19.6 Å². The first kappa shape index (κ1) is 22.5. The lowest BCUT2D eigenvalue weighted by Crippen LogP contribution is -2.54. The fourth-order valence-corrected chi connectivity index (χ4v) is 4.25. The Bertz CT molecular complexity index is 1350. The average molecular weight is 473 g/mol. The number of anilines is 2. The van der Waals surface area contributed by atoms with Crippen molar-refractivity contribution in [3.05, 3.63) is 78.1 Å². The number of carbonyl (C=O) groups excluding carboxylic acids is 1. The van der Waals surface area contributed by atoms with E-state index in [0.717, 1.165) is 11.1 Å². The van der Waals surface area contributed by atoms with Gasteiger partial charge in [-0.1, -0.05) is 30.3 Å². The number of ether oxygens (including phenoxy) is 1. The number of pyridine rings is 1. The van der Waals surface area contributed by atoms with E-state index in [-0.39, 0.29) is 30.5 Å². The van der Waals surface area contributed by atoms with Gasteiger partial charge in [-0.15, -0.1) is 0 Å². The van der Waals surface area contributed by atoms with Crippen LogP contribution in [0.2, 0.25) is 0 Å². The molecule has 0 radical (unpaired) electrons. The minimum Gasteiger partial charge on any atom is -0.445 e. The molecule has 8 nitrogen and oxygen atoms in total. The van der Waals surface area contributed by atoms with Crippen LogP contribution in [0.4, 0.5) is 21.0 Å². The Balaban J connectivity index is 1.36. The lowest BCUT2D eigenvalue weighted by atomic mass is 10.1. The summed E-state index contributed by atoms with van der Waals surface area (Å²) in [5.41, 5.74) is 9.65. The van der Waals surface area contributed by atoms with Gasteiger partial charge in [0.25, 0.3) is 0 Å². The van der Waals surface area contributed by atoms with Crippen LogP contribution in [0.25, 0.3) is 22.3 Å². The zero-order chi connectivity index (χ0) is 24.4. The van der Waals surface area contributed by atoms with Crippen molar-refractivity contribution in [1.29, 1.82) is 0 Å². The summed E-state index contributed by atoms with van der Waals surface area (Å²) in [6, 6.07) is 19.4. The van der Waals surface area contributed by atoms with E-state index >= 15 is 0 Å². The second kappa shape index (κ2) is 9.54. The first-order chi connectivity index (χ1) is 17.0. The summed E-state index contributed by atoms with van der Waals surface area (Å²) in [6.45, 7) is 3.73. The second-order valence-corrected chi connectivity index (χ2v) is 8.51. The molecule has 5 rings (SSSR count). The Hall–Kier alpha value is -4.27. The van der Waals surface area contributed by atoms with Gasteiger partial charge in [-0.05, 0) is 48.9 Å². The average Bonchev–Trinajstić information content (AvgIpc) is 2.87. The van der Waals surface area contributed by atoms with Crippen LogP contribution in [0.5, 0.6) is 0 Å². The third kappa shape index (κ3) is 4.84. The molecule has 0 spiro atoms. The molecular formula is C26H25FN6O2. The molecule has 35 heavy (non-hydrogen) atoms. The number of carbonyl (C=O) groups is 1. The maximum Gasteiger partial charge on any atom is 0.410 e. The van der Waals surface area contributed by atoms with E-state index in [0.29, 0.717) is 42.2 Å². The number of nitrogen functional groups attached to an aromatic ring is 1. The highest BCUT2D eigenvalue weighted by Gasteiger charge is 2.30. The topological polar surface area (TPSA) is 97.5 Å². The van der Waals surface area contributed by atoms with Gasteiger partial charge in [0.05, 0.1) is 11.2 Å². The quantitative estimate of drug-likeness (QED) is 0.474. The molecule has 1 amide bonds. The molecule has 1 aliphatic heterocycles. The number of piperazine rings is 1. The van der Waals surface area contributed by atoms with E-state index in [9.17, 15) is 9.18 Å². The smallest absolute Gasteiger partial charge is 0.410 e. The summed E-state index contributed by atoms with van der Waals surface area (Å²) in [5, 5.41) is 0. The van der Waals surface area contributed by atoms with Gasteiger partial charge in [0, 0.05) is 31.2 Å². The van der Waals surface area contributed by atoms with Crippen molar-refractivity contribution < 1.29 is 13.9 Å². The van der Waals surface area contributed by atoms with Gasteiger partial charge in [0.2, 0.25) is 5.95 Å². The van der Waals surface area contributed by atoms with Crippen molar-refractivity contribution in [2.75, 3.05) is 30.3 Å². The van der Waals surface area contributed by atoms with Gasteiger partial charge >= 0.3 is 6.09 Å². The van der Waals surface area contributed by atoms with Gasteiger partial charge in [0.15, 0.2) is 5.82 Å². The zero-order valence-corrected chi connectivity index (χ0v) is 19.3. The Morgan fingerprint density at radius 3 is 2.54 bits per heavy atom. The summed E-state index contributed by atoms with van der Waals surface area (Å²) in [5.74, 6) is 0.460. The third-order valence-corrected chi connectivity index (χ3v) is 6.04. The third-order valence-electron chi connectivity index (χ3n) is 6.04. The predicted molar refractivity (Wildman–Crippen MR) is 132 cm³/mol. The fraction of sp³-hybridized carbons (Fsp3) is 0.231. The summed E-state index contributed by atoms with van der Waals surface area (Å²) >= 11 is 0. The summed E-state index contributed by atoms with van der Waals surface area (Å²) in [6.07, 6.45) is -0.343. The Kier molecular flexibility index (Phi) is 6.13. The largest absolute Gasteiger partial charge is 0.445 e. The maximum atomic E-state index is 13.4. The van der Waals surface area contributed by atoms with Crippen molar-refractivity contribution in [3.8, 4) is 11.3 Å². The van der Waals surface area contributed by atoms with E-state index in [4.69, 9.17) is 15.5 Å². The normalized spacial score (nSPS) is 15.9. The Labute approximate surface area is 202 Å². The van der Waals surface area contributed by atoms with E-state index in [1.165, 1.54) is 12.1 Å². The zero-order valence-electron chi connectivity index (χ0n) is 19.3. The lowest BCUT2D eigenvalue weighted by Gasteiger charge is -2.40. The molecule has 4 aromatic rings. The second-order valence-electron chi connectivity index (χ2n) is 8.51. The number of hydrogen-bond acceptors (Lipinski definition) is 7. The van der Waals surface area contributed by atoms with Crippen LogP contribution in [0.1, 0.15) is 12.5 Å². The molecule has 0 aliphatic carbocycles. The molecule has 9 heteroatoms. The van der Waals surface area contributed by atoms with Gasteiger partial charge in [-0.3, -0.25) is 0 Å². The van der Waals surface area contributed by atoms with E-state index in [2.05, 4.69) is 14.9 Å². The molecule has 2 N–H and O–H groups in total. The number of nitrogens with zero attached hydrogens (tertiary/aromatic N) is 5. The molecule has 1 unspecified atom stereocenters. The van der Waals surface area contributed by atoms with Crippen LogP contribution >= 0.6 is 0 Å². The Morgan fingerprint density at radius 1 is 1.03 bits per heavy atom. The molecule has 2 aromatic carbocycles. The van der Waals surface area contributed by atoms with Crippen LogP contribution in [-0.2, 0) is 11.3 Å². The molecule has 0 bridgehead atoms. The van der Waals surface area contributed by atoms with Crippen molar-refractivity contribution in [3.63, 3.8) is 0 Å². The number of amides is 1. The van der Waals surface area contributed by atoms with Crippen LogP contribution in [0.3, 0.4) is 0 Å². The molecule has 3 heterocycles. The van der Waals surface area contributed by atoms with Gasteiger partial charge in [-0.25, -0.2) is 19.2 Å². The maximum absolute atomic E-state index is 13.4. The Morgan fingerprint density at radius 2 is 1.80 bits per heavy atom. The molecule has 1 fully saturated rings. The number of halogens is 1. The van der Waals surface area contributed by atoms with Crippen molar-refractivity contribution >= 4 is 28.9 Å². The SMILES string of the molecule is CC1CN(C(=O)OCc2ccccc2)CCN1c1nc(N)nc2ccc(-c3ccc(F)cc3)nc12. The highest BCUT2D eigenvalue weighted by Crippen LogP contribution is 2.29. The fourth-order valence-electron chi connectivity index (χ4n) is 4.25. The number of rotatable bonds is 4.